The predicted octanol–water partition coefficient (Wildman–Crippen LogP) is 0.282. The number of aliphatic carboxylic acids is 2. The van der Waals surface area contributed by atoms with Crippen molar-refractivity contribution < 1.29 is 29.7 Å². The third kappa shape index (κ3) is 2.17. The van der Waals surface area contributed by atoms with Gasteiger partial charge in [0.2, 0.25) is 0 Å². The minimum atomic E-state index is -1.96. The number of hydrogen-bond donors (Lipinski definition) is 3. The van der Waals surface area contributed by atoms with Crippen molar-refractivity contribution in [2.45, 2.75) is 38.7 Å². The zero-order valence-electron chi connectivity index (χ0n) is 9.77. The highest BCUT2D eigenvalue weighted by Gasteiger charge is 2.56. The molecular formula is C11H16O6. The largest absolute Gasteiger partial charge is 0.480 e. The van der Waals surface area contributed by atoms with E-state index in [-0.39, 0.29) is 25.0 Å². The first-order valence-electron chi connectivity index (χ1n) is 5.33. The van der Waals surface area contributed by atoms with Gasteiger partial charge >= 0.3 is 11.9 Å². The number of carboxylic acid groups (broad SMARTS) is 2. The molecule has 1 aliphatic carbocycles. The van der Waals surface area contributed by atoms with Crippen LogP contribution >= 0.6 is 0 Å². The van der Waals surface area contributed by atoms with Crippen LogP contribution in [0.1, 0.15) is 33.1 Å². The van der Waals surface area contributed by atoms with Gasteiger partial charge in [-0.1, -0.05) is 0 Å². The van der Waals surface area contributed by atoms with Crippen LogP contribution in [0.2, 0.25) is 0 Å². The number of rotatable bonds is 3. The Bertz CT molecular complexity index is 356. The van der Waals surface area contributed by atoms with E-state index in [1.54, 1.807) is 0 Å². The van der Waals surface area contributed by atoms with Gasteiger partial charge in [0.1, 0.15) is 5.78 Å². The van der Waals surface area contributed by atoms with Crippen molar-refractivity contribution in [2.24, 2.45) is 11.3 Å². The average Bonchev–Trinajstić information content (AvgIpc) is 2.15. The van der Waals surface area contributed by atoms with Crippen molar-refractivity contribution in [3.63, 3.8) is 0 Å². The van der Waals surface area contributed by atoms with Crippen LogP contribution in [0.3, 0.4) is 0 Å². The molecule has 0 aromatic rings. The maximum atomic E-state index is 11.4. The molecular weight excluding hydrogens is 228 g/mol. The molecule has 1 fully saturated rings. The van der Waals surface area contributed by atoms with Crippen molar-refractivity contribution in [3.8, 4) is 0 Å². The van der Waals surface area contributed by atoms with E-state index in [0.717, 1.165) is 0 Å². The maximum absolute atomic E-state index is 11.4. The van der Waals surface area contributed by atoms with E-state index in [2.05, 4.69) is 0 Å². The van der Waals surface area contributed by atoms with E-state index in [9.17, 15) is 19.5 Å². The second-order valence-corrected chi connectivity index (χ2v) is 4.92. The fourth-order valence-electron chi connectivity index (χ4n) is 2.37. The number of aliphatic hydroxyl groups is 1. The first-order valence-corrected chi connectivity index (χ1v) is 5.33. The minimum absolute atomic E-state index is 0.0180. The van der Waals surface area contributed by atoms with Crippen molar-refractivity contribution in [1.29, 1.82) is 0 Å². The van der Waals surface area contributed by atoms with Gasteiger partial charge in [-0.3, -0.25) is 14.4 Å². The van der Waals surface area contributed by atoms with Gasteiger partial charge < -0.3 is 15.3 Å². The van der Waals surface area contributed by atoms with Crippen molar-refractivity contribution in [2.75, 3.05) is 0 Å². The highest BCUT2D eigenvalue weighted by molar-refractivity contribution is 5.99. The van der Waals surface area contributed by atoms with E-state index >= 15 is 0 Å². The third-order valence-electron chi connectivity index (χ3n) is 3.67. The standard InChI is InChI=1S/C11H16O6/c1-6(12)7-5-11(8(13)14,9(15)16)4-3-10(7,2)17/h7,17H,3-5H2,1-2H3,(H,13,14)(H,15,16)/t7-,10-/m0/s1. The molecule has 0 aliphatic heterocycles. The van der Waals surface area contributed by atoms with E-state index in [1.807, 2.05) is 0 Å². The maximum Gasteiger partial charge on any atom is 0.321 e. The summed E-state index contributed by atoms with van der Waals surface area (Å²) < 4.78 is 0. The Labute approximate surface area is 98.3 Å². The molecule has 0 amide bonds. The normalized spacial score (nSPS) is 31.8. The number of Topliss-reactive ketones (excluding diaryl/α,β-unsaturated/α-hetero) is 1. The van der Waals surface area contributed by atoms with Crippen LogP contribution in [0.5, 0.6) is 0 Å². The highest BCUT2D eigenvalue weighted by Crippen LogP contribution is 2.45. The summed E-state index contributed by atoms with van der Waals surface area (Å²) >= 11 is 0. The molecule has 1 rings (SSSR count). The first kappa shape index (κ1) is 13.6. The molecule has 0 spiro atoms. The second kappa shape index (κ2) is 4.10. The van der Waals surface area contributed by atoms with Crippen LogP contribution in [0.4, 0.5) is 0 Å². The lowest BCUT2D eigenvalue weighted by Gasteiger charge is -2.42. The van der Waals surface area contributed by atoms with E-state index in [0.29, 0.717) is 0 Å². The summed E-state index contributed by atoms with van der Waals surface area (Å²) in [5.41, 5.74) is -3.29. The molecule has 2 atom stereocenters. The van der Waals surface area contributed by atoms with Crippen LogP contribution in [0.15, 0.2) is 0 Å². The molecule has 0 saturated heterocycles. The zero-order chi connectivity index (χ0) is 13.4. The predicted molar refractivity (Wildman–Crippen MR) is 56.4 cm³/mol. The van der Waals surface area contributed by atoms with Gasteiger partial charge in [0.25, 0.3) is 0 Å². The molecule has 0 aromatic heterocycles. The van der Waals surface area contributed by atoms with E-state index in [1.165, 1.54) is 13.8 Å². The van der Waals surface area contributed by atoms with Crippen LogP contribution in [0, 0.1) is 11.3 Å². The molecule has 96 valence electrons. The van der Waals surface area contributed by atoms with Crippen molar-refractivity contribution in [3.05, 3.63) is 0 Å². The molecule has 1 aliphatic rings. The molecule has 0 radical (unpaired) electrons. The van der Waals surface area contributed by atoms with Gasteiger partial charge in [0, 0.05) is 5.92 Å². The monoisotopic (exact) mass is 244 g/mol. The quantitative estimate of drug-likeness (QED) is 0.615. The smallest absolute Gasteiger partial charge is 0.321 e. The summed E-state index contributed by atoms with van der Waals surface area (Å²) in [7, 11) is 0. The number of carbonyl (C=O) groups excluding carboxylic acids is 1. The fraction of sp³-hybridized carbons (Fsp3) is 0.727. The summed E-state index contributed by atoms with van der Waals surface area (Å²) in [6.45, 7) is 2.67. The number of carbonyl (C=O) groups is 3. The topological polar surface area (TPSA) is 112 Å². The molecule has 0 unspecified atom stereocenters. The average molecular weight is 244 g/mol. The van der Waals surface area contributed by atoms with Crippen LogP contribution < -0.4 is 0 Å². The number of hydrogen-bond acceptors (Lipinski definition) is 4. The fourth-order valence-corrected chi connectivity index (χ4v) is 2.37. The van der Waals surface area contributed by atoms with Gasteiger partial charge in [-0.15, -0.1) is 0 Å². The Morgan fingerprint density at radius 1 is 1.12 bits per heavy atom. The van der Waals surface area contributed by atoms with Crippen molar-refractivity contribution in [1.82, 2.24) is 0 Å². The lowest BCUT2D eigenvalue weighted by atomic mass is 9.62. The molecule has 6 heteroatoms. The SMILES string of the molecule is CC(=O)[C@@H]1CC(C(=O)O)(C(=O)O)CC[C@]1(C)O. The lowest BCUT2D eigenvalue weighted by Crippen LogP contribution is -2.53. The lowest BCUT2D eigenvalue weighted by molar-refractivity contribution is -0.175. The van der Waals surface area contributed by atoms with Crippen LogP contribution in [0.25, 0.3) is 0 Å². The molecule has 0 bridgehead atoms. The van der Waals surface area contributed by atoms with Gasteiger partial charge in [-0.05, 0) is 33.1 Å². The summed E-state index contributed by atoms with van der Waals surface area (Å²) in [5.74, 6) is -4.25. The third-order valence-corrected chi connectivity index (χ3v) is 3.67. The summed E-state index contributed by atoms with van der Waals surface area (Å²) in [6, 6.07) is 0. The Morgan fingerprint density at radius 3 is 1.94 bits per heavy atom. The first-order chi connectivity index (χ1) is 7.63. The van der Waals surface area contributed by atoms with Crippen LogP contribution in [-0.2, 0) is 14.4 Å². The van der Waals surface area contributed by atoms with Gasteiger partial charge in [0.15, 0.2) is 5.41 Å². The molecule has 3 N–H and O–H groups in total. The molecule has 0 aromatic carbocycles. The Kier molecular flexibility index (Phi) is 3.29. The highest BCUT2D eigenvalue weighted by atomic mass is 16.4. The van der Waals surface area contributed by atoms with Gasteiger partial charge in [-0.25, -0.2) is 0 Å². The van der Waals surface area contributed by atoms with Gasteiger partial charge in [-0.2, -0.15) is 0 Å². The number of ketones is 1. The van der Waals surface area contributed by atoms with Crippen LogP contribution in [-0.4, -0.2) is 38.6 Å². The minimum Gasteiger partial charge on any atom is -0.480 e. The molecule has 17 heavy (non-hydrogen) atoms. The second-order valence-electron chi connectivity index (χ2n) is 4.92. The molecule has 6 nitrogen and oxygen atoms in total. The van der Waals surface area contributed by atoms with E-state index in [4.69, 9.17) is 10.2 Å². The van der Waals surface area contributed by atoms with Gasteiger partial charge in [0.05, 0.1) is 5.60 Å². The summed E-state index contributed by atoms with van der Waals surface area (Å²) in [4.78, 5) is 33.6. The summed E-state index contributed by atoms with van der Waals surface area (Å²) in [6.07, 6.45) is -0.551. The molecule has 0 heterocycles. The Morgan fingerprint density at radius 2 is 1.59 bits per heavy atom. The summed E-state index contributed by atoms with van der Waals surface area (Å²) in [5, 5.41) is 28.1. The number of carboxylic acids is 2. The van der Waals surface area contributed by atoms with Crippen molar-refractivity contribution >= 4 is 17.7 Å². The zero-order valence-corrected chi connectivity index (χ0v) is 9.77. The molecule has 1 saturated carbocycles. The Hall–Kier alpha value is -1.43. The Balaban J connectivity index is 3.13. The van der Waals surface area contributed by atoms with E-state index < -0.39 is 28.9 Å².